The zero-order chi connectivity index (χ0) is 19.2. The average molecular weight is 375 g/mol. The predicted octanol–water partition coefficient (Wildman–Crippen LogP) is 2.58. The van der Waals surface area contributed by atoms with Gasteiger partial charge < -0.3 is 29.3 Å². The molecule has 27 heavy (non-hydrogen) atoms. The fourth-order valence-electron chi connectivity index (χ4n) is 2.34. The van der Waals surface area contributed by atoms with Gasteiger partial charge in [0, 0.05) is 33.9 Å². The van der Waals surface area contributed by atoms with Crippen LogP contribution in [0.5, 0.6) is 5.75 Å². The number of methoxy groups -OCH3 is 1. The minimum Gasteiger partial charge on any atom is -0.491 e. The molecule has 0 bridgehead atoms. The van der Waals surface area contributed by atoms with Gasteiger partial charge in [-0.05, 0) is 36.2 Å². The van der Waals surface area contributed by atoms with E-state index >= 15 is 0 Å². The molecular weight excluding hydrogens is 346 g/mol. The van der Waals surface area contributed by atoms with E-state index in [4.69, 9.17) is 18.6 Å². The molecule has 0 spiro atoms. The minimum absolute atomic E-state index is 0.503. The number of rotatable bonds is 12. The summed E-state index contributed by atoms with van der Waals surface area (Å²) in [5, 5.41) is 6.57. The highest BCUT2D eigenvalue weighted by Gasteiger charge is 2.01. The van der Waals surface area contributed by atoms with E-state index in [9.17, 15) is 0 Å². The summed E-state index contributed by atoms with van der Waals surface area (Å²) >= 11 is 0. The van der Waals surface area contributed by atoms with Crippen molar-refractivity contribution >= 4 is 5.96 Å². The molecule has 7 nitrogen and oxygen atoms in total. The summed E-state index contributed by atoms with van der Waals surface area (Å²) in [5.74, 6) is 2.43. The lowest BCUT2D eigenvalue weighted by Crippen LogP contribution is -2.37. The van der Waals surface area contributed by atoms with Crippen LogP contribution in [0.15, 0.2) is 52.1 Å². The Hall–Kier alpha value is -2.51. The van der Waals surface area contributed by atoms with Crippen LogP contribution in [0.4, 0.5) is 0 Å². The third-order valence-corrected chi connectivity index (χ3v) is 3.72. The van der Waals surface area contributed by atoms with Crippen molar-refractivity contribution in [3.63, 3.8) is 0 Å². The van der Waals surface area contributed by atoms with E-state index in [0.717, 1.165) is 36.0 Å². The standard InChI is InChI=1S/C20H29N3O4/c1-21-20(22-9-5-10-25-16-19-8-4-11-26-19)23-15-17-6-3-7-18(14-17)27-13-12-24-2/h3-4,6-8,11,14H,5,9-10,12-13,15-16H2,1-2H3,(H2,21,22,23). The molecule has 0 aliphatic carbocycles. The number of furan rings is 1. The summed E-state index contributed by atoms with van der Waals surface area (Å²) in [7, 11) is 3.42. The number of benzene rings is 1. The molecule has 7 heteroatoms. The Labute approximate surface area is 160 Å². The van der Waals surface area contributed by atoms with Crippen LogP contribution < -0.4 is 15.4 Å². The van der Waals surface area contributed by atoms with E-state index in [1.165, 1.54) is 0 Å². The maximum atomic E-state index is 5.63. The Balaban J connectivity index is 1.61. The van der Waals surface area contributed by atoms with Gasteiger partial charge in [-0.15, -0.1) is 0 Å². The van der Waals surface area contributed by atoms with Crippen molar-refractivity contribution in [2.45, 2.75) is 19.6 Å². The second-order valence-electron chi connectivity index (χ2n) is 5.83. The molecular formula is C20H29N3O4. The molecule has 1 aromatic carbocycles. The van der Waals surface area contributed by atoms with E-state index in [2.05, 4.69) is 15.6 Å². The van der Waals surface area contributed by atoms with Crippen LogP contribution in [-0.4, -0.2) is 46.5 Å². The molecule has 2 rings (SSSR count). The first-order chi connectivity index (χ1) is 13.3. The van der Waals surface area contributed by atoms with Gasteiger partial charge in [0.05, 0.1) is 12.9 Å². The average Bonchev–Trinajstić information content (AvgIpc) is 3.21. The number of nitrogens with zero attached hydrogens (tertiary/aromatic N) is 1. The van der Waals surface area contributed by atoms with Crippen LogP contribution in [0.25, 0.3) is 0 Å². The summed E-state index contributed by atoms with van der Waals surface area (Å²) in [4.78, 5) is 4.24. The van der Waals surface area contributed by atoms with Crippen LogP contribution in [0, 0.1) is 0 Å². The second-order valence-corrected chi connectivity index (χ2v) is 5.83. The quantitative estimate of drug-likeness (QED) is 0.337. The highest BCUT2D eigenvalue weighted by molar-refractivity contribution is 5.79. The number of ether oxygens (including phenoxy) is 3. The zero-order valence-electron chi connectivity index (χ0n) is 16.1. The Morgan fingerprint density at radius 2 is 2.04 bits per heavy atom. The van der Waals surface area contributed by atoms with Crippen LogP contribution in [0.3, 0.4) is 0 Å². The minimum atomic E-state index is 0.503. The van der Waals surface area contributed by atoms with Gasteiger partial charge in [-0.1, -0.05) is 12.1 Å². The van der Waals surface area contributed by atoms with Crippen LogP contribution >= 0.6 is 0 Å². The monoisotopic (exact) mass is 375 g/mol. The van der Waals surface area contributed by atoms with Crippen molar-refractivity contribution in [1.82, 2.24) is 10.6 Å². The van der Waals surface area contributed by atoms with Crippen molar-refractivity contribution in [3.8, 4) is 5.75 Å². The van der Waals surface area contributed by atoms with Gasteiger partial charge in [-0.3, -0.25) is 4.99 Å². The van der Waals surface area contributed by atoms with Crippen LogP contribution in [0.2, 0.25) is 0 Å². The maximum absolute atomic E-state index is 5.63. The second kappa shape index (κ2) is 12.8. The topological polar surface area (TPSA) is 77.3 Å². The molecule has 0 radical (unpaired) electrons. The molecule has 1 aromatic heterocycles. The van der Waals surface area contributed by atoms with Gasteiger partial charge >= 0.3 is 0 Å². The van der Waals surface area contributed by atoms with E-state index in [1.54, 1.807) is 20.4 Å². The van der Waals surface area contributed by atoms with Crippen LogP contribution in [-0.2, 0) is 22.6 Å². The Morgan fingerprint density at radius 1 is 1.11 bits per heavy atom. The summed E-state index contributed by atoms with van der Waals surface area (Å²) < 4.78 is 21.4. The normalized spacial score (nSPS) is 11.4. The van der Waals surface area contributed by atoms with Gasteiger partial charge in [-0.25, -0.2) is 0 Å². The fraction of sp³-hybridized carbons (Fsp3) is 0.450. The first kappa shape index (κ1) is 20.8. The third-order valence-electron chi connectivity index (χ3n) is 3.72. The maximum Gasteiger partial charge on any atom is 0.191 e. The Bertz CT molecular complexity index is 659. The lowest BCUT2D eigenvalue weighted by atomic mass is 10.2. The summed E-state index contributed by atoms with van der Waals surface area (Å²) in [6.07, 6.45) is 2.53. The smallest absolute Gasteiger partial charge is 0.191 e. The number of aliphatic imine (C=N–C) groups is 1. The van der Waals surface area contributed by atoms with Gasteiger partial charge in [0.25, 0.3) is 0 Å². The summed E-state index contributed by atoms with van der Waals surface area (Å²) in [5.41, 5.74) is 1.12. The lowest BCUT2D eigenvalue weighted by molar-refractivity contribution is 0.105. The lowest BCUT2D eigenvalue weighted by Gasteiger charge is -2.13. The largest absolute Gasteiger partial charge is 0.491 e. The molecule has 148 valence electrons. The molecule has 1 heterocycles. The number of guanidine groups is 1. The van der Waals surface area contributed by atoms with E-state index in [0.29, 0.717) is 33.0 Å². The zero-order valence-corrected chi connectivity index (χ0v) is 16.1. The van der Waals surface area contributed by atoms with Gasteiger partial charge in [-0.2, -0.15) is 0 Å². The molecule has 0 amide bonds. The Kier molecular flexibility index (Phi) is 9.84. The van der Waals surface area contributed by atoms with Crippen molar-refractivity contribution in [3.05, 3.63) is 54.0 Å². The SMILES string of the molecule is CN=C(NCCCOCc1ccco1)NCc1cccc(OCCOC)c1. The number of nitrogens with one attached hydrogen (secondary N) is 2. The van der Waals surface area contributed by atoms with E-state index < -0.39 is 0 Å². The third kappa shape index (κ3) is 8.61. The van der Waals surface area contributed by atoms with Gasteiger partial charge in [0.2, 0.25) is 0 Å². The molecule has 0 saturated heterocycles. The summed E-state index contributed by atoms with van der Waals surface area (Å²) in [6, 6.07) is 11.7. The van der Waals surface area contributed by atoms with Crippen molar-refractivity contribution in [1.29, 1.82) is 0 Å². The predicted molar refractivity (Wildman–Crippen MR) is 105 cm³/mol. The number of hydrogen-bond donors (Lipinski definition) is 2. The highest BCUT2D eigenvalue weighted by Crippen LogP contribution is 2.13. The molecule has 2 N–H and O–H groups in total. The van der Waals surface area contributed by atoms with Crippen molar-refractivity contribution < 1.29 is 18.6 Å². The first-order valence-electron chi connectivity index (χ1n) is 9.07. The molecule has 0 atom stereocenters. The van der Waals surface area contributed by atoms with Gasteiger partial charge in [0.1, 0.15) is 24.7 Å². The van der Waals surface area contributed by atoms with Crippen molar-refractivity contribution in [2.75, 3.05) is 40.5 Å². The van der Waals surface area contributed by atoms with Crippen LogP contribution in [0.1, 0.15) is 17.7 Å². The molecule has 0 aliphatic heterocycles. The Morgan fingerprint density at radius 3 is 2.81 bits per heavy atom. The number of hydrogen-bond acceptors (Lipinski definition) is 5. The molecule has 0 fully saturated rings. The van der Waals surface area contributed by atoms with E-state index in [1.807, 2.05) is 36.4 Å². The van der Waals surface area contributed by atoms with Crippen molar-refractivity contribution in [2.24, 2.45) is 4.99 Å². The molecule has 2 aromatic rings. The highest BCUT2D eigenvalue weighted by atomic mass is 16.5. The van der Waals surface area contributed by atoms with E-state index in [-0.39, 0.29) is 0 Å². The fourth-order valence-corrected chi connectivity index (χ4v) is 2.34. The first-order valence-corrected chi connectivity index (χ1v) is 9.07. The van der Waals surface area contributed by atoms with Gasteiger partial charge in [0.15, 0.2) is 5.96 Å². The molecule has 0 aliphatic rings. The molecule has 0 saturated carbocycles. The summed E-state index contributed by atoms with van der Waals surface area (Å²) in [6.45, 7) is 3.71. The molecule has 0 unspecified atom stereocenters.